The molecule has 0 spiro atoms. The van der Waals surface area contributed by atoms with Crippen LogP contribution in [-0.4, -0.2) is 19.2 Å². The Morgan fingerprint density at radius 1 is 0.952 bits per heavy atom. The van der Waals surface area contributed by atoms with Gasteiger partial charge in [-0.2, -0.15) is 0 Å². The van der Waals surface area contributed by atoms with E-state index in [9.17, 15) is 29.5 Å². The summed E-state index contributed by atoms with van der Waals surface area (Å²) in [4.78, 5) is 20.5. The van der Waals surface area contributed by atoms with Gasteiger partial charge in [0.2, 0.25) is 0 Å². The van der Waals surface area contributed by atoms with Gasteiger partial charge in [0.25, 0.3) is 11.4 Å². The van der Waals surface area contributed by atoms with Gasteiger partial charge in [-0.3, -0.25) is 20.2 Å². The second-order valence-corrected chi connectivity index (χ2v) is 5.72. The van der Waals surface area contributed by atoms with E-state index >= 15 is 0 Å². The highest BCUT2D eigenvalue weighted by Crippen LogP contribution is 2.48. The summed E-state index contributed by atoms with van der Waals surface area (Å²) in [7, 11) is -1.81. The molecule has 0 radical (unpaired) electrons. The molecule has 1 heterocycles. The van der Waals surface area contributed by atoms with Crippen LogP contribution in [0.4, 0.5) is 11.4 Å². The van der Waals surface area contributed by atoms with Gasteiger partial charge in [0.1, 0.15) is 5.75 Å². The highest BCUT2D eigenvalue weighted by Gasteiger charge is 2.32. The number of phenols is 1. The average Bonchev–Trinajstić information content (AvgIpc) is 2.72. The van der Waals surface area contributed by atoms with Gasteiger partial charge >= 0.3 is 0 Å². The molecule has 1 N–H and O–H groups in total. The lowest BCUT2D eigenvalue weighted by atomic mass is 10.0. The van der Waals surface area contributed by atoms with Crippen molar-refractivity contribution < 1.29 is 19.2 Å². The summed E-state index contributed by atoms with van der Waals surface area (Å²) < 4.78 is 12.3. The number of benzene rings is 2. The van der Waals surface area contributed by atoms with Crippen molar-refractivity contribution in [3.05, 3.63) is 50.6 Å². The molecule has 1 aliphatic heterocycles. The van der Waals surface area contributed by atoms with Crippen LogP contribution >= 0.6 is 0 Å². The predicted molar refractivity (Wildman–Crippen MR) is 71.5 cm³/mol. The molecule has 3 rings (SSSR count). The van der Waals surface area contributed by atoms with Crippen LogP contribution in [-0.2, 0) is 10.8 Å². The van der Waals surface area contributed by atoms with Gasteiger partial charge in [0.15, 0.2) is 0 Å². The molecule has 0 saturated heterocycles. The van der Waals surface area contributed by atoms with Crippen molar-refractivity contribution in [2.75, 3.05) is 0 Å². The molecule has 8 nitrogen and oxygen atoms in total. The fraction of sp³-hybridized carbons (Fsp3) is 0. The fourth-order valence-electron chi connectivity index (χ4n) is 2.21. The van der Waals surface area contributed by atoms with Crippen LogP contribution in [0.5, 0.6) is 5.75 Å². The number of fused-ring (bicyclic) bond motifs is 3. The number of nitro benzene ring substituents is 2. The van der Waals surface area contributed by atoms with E-state index < -0.39 is 20.6 Å². The molecule has 0 bridgehead atoms. The second kappa shape index (κ2) is 4.35. The summed E-state index contributed by atoms with van der Waals surface area (Å²) >= 11 is 0. The number of hydrogen-bond acceptors (Lipinski definition) is 6. The molecule has 0 amide bonds. The number of hydrogen-bond donors (Lipinski definition) is 1. The number of aromatic hydroxyl groups is 1. The van der Waals surface area contributed by atoms with Crippen molar-refractivity contribution in [2.24, 2.45) is 0 Å². The average molecular weight is 306 g/mol. The van der Waals surface area contributed by atoms with Crippen molar-refractivity contribution >= 4 is 22.2 Å². The number of rotatable bonds is 2. The largest absolute Gasteiger partial charge is 0.507 e. The highest BCUT2D eigenvalue weighted by atomic mass is 32.2. The minimum Gasteiger partial charge on any atom is -0.507 e. The zero-order valence-electron chi connectivity index (χ0n) is 10.2. The van der Waals surface area contributed by atoms with Crippen molar-refractivity contribution in [1.29, 1.82) is 0 Å². The number of phenolic OH excluding ortho intramolecular Hbond substituents is 1. The molecule has 9 heteroatoms. The van der Waals surface area contributed by atoms with Gasteiger partial charge < -0.3 is 5.11 Å². The van der Waals surface area contributed by atoms with Crippen LogP contribution in [0.1, 0.15) is 0 Å². The fourth-order valence-corrected chi connectivity index (χ4v) is 3.67. The van der Waals surface area contributed by atoms with Gasteiger partial charge in [-0.15, -0.1) is 0 Å². The quantitative estimate of drug-likeness (QED) is 0.572. The first-order valence-corrected chi connectivity index (χ1v) is 6.77. The van der Waals surface area contributed by atoms with Crippen LogP contribution in [0.15, 0.2) is 40.1 Å². The molecule has 106 valence electrons. The Kier molecular flexibility index (Phi) is 2.73. The first kappa shape index (κ1) is 13.2. The zero-order chi connectivity index (χ0) is 15.3. The molecule has 0 fully saturated rings. The summed E-state index contributed by atoms with van der Waals surface area (Å²) in [6.45, 7) is 0. The van der Waals surface area contributed by atoms with Gasteiger partial charge in [0.05, 0.1) is 36.5 Å². The molecule has 0 aromatic heterocycles. The third kappa shape index (κ3) is 1.86. The lowest BCUT2D eigenvalue weighted by Gasteiger charge is -2.02. The summed E-state index contributed by atoms with van der Waals surface area (Å²) in [6.07, 6.45) is 0. The predicted octanol–water partition coefficient (Wildman–Crippen LogP) is 2.36. The maximum Gasteiger partial charge on any atom is 0.274 e. The first-order valence-electron chi connectivity index (χ1n) is 5.62. The van der Waals surface area contributed by atoms with Gasteiger partial charge in [-0.05, 0) is 6.07 Å². The third-order valence-corrected chi connectivity index (χ3v) is 4.58. The lowest BCUT2D eigenvalue weighted by Crippen LogP contribution is -1.92. The number of nitro groups is 2. The Labute approximate surface area is 119 Å². The second-order valence-electron chi connectivity index (χ2n) is 4.30. The van der Waals surface area contributed by atoms with Crippen LogP contribution in [0.3, 0.4) is 0 Å². The Hall–Kier alpha value is -2.81. The van der Waals surface area contributed by atoms with Crippen LogP contribution < -0.4 is 0 Å². The van der Waals surface area contributed by atoms with Crippen LogP contribution in [0, 0.1) is 20.2 Å². The van der Waals surface area contributed by atoms with E-state index in [1.165, 1.54) is 12.1 Å². The van der Waals surface area contributed by atoms with E-state index in [-0.39, 0.29) is 32.5 Å². The summed E-state index contributed by atoms with van der Waals surface area (Å²) in [6, 6.07) is 5.83. The molecule has 0 aliphatic carbocycles. The van der Waals surface area contributed by atoms with E-state index in [0.717, 1.165) is 18.2 Å². The summed E-state index contributed by atoms with van der Waals surface area (Å²) in [5, 5.41) is 31.5. The standard InChI is InChI=1S/C12H6N2O6S/c15-9-3-7(14(18)19)5-11-12(9)8-2-1-6(13(16)17)4-10(8)21(11)20/h1-5,15H. The third-order valence-electron chi connectivity index (χ3n) is 3.12. The van der Waals surface area contributed by atoms with Crippen LogP contribution in [0.2, 0.25) is 0 Å². The van der Waals surface area contributed by atoms with Crippen molar-refractivity contribution in [3.8, 4) is 16.9 Å². The van der Waals surface area contributed by atoms with Gasteiger partial charge in [-0.25, -0.2) is 4.21 Å². The maximum atomic E-state index is 12.3. The topological polar surface area (TPSA) is 124 Å². The van der Waals surface area contributed by atoms with Crippen molar-refractivity contribution in [1.82, 2.24) is 0 Å². The number of nitrogens with zero attached hydrogens (tertiary/aromatic N) is 2. The highest BCUT2D eigenvalue weighted by molar-refractivity contribution is 7.85. The molecule has 2 aromatic carbocycles. The summed E-state index contributed by atoms with van der Waals surface area (Å²) in [5.41, 5.74) is -0.0315. The van der Waals surface area contributed by atoms with E-state index in [1.54, 1.807) is 0 Å². The Balaban J connectivity index is 2.28. The smallest absolute Gasteiger partial charge is 0.274 e. The maximum absolute atomic E-state index is 12.3. The van der Waals surface area contributed by atoms with E-state index in [0.29, 0.717) is 5.56 Å². The SMILES string of the molecule is O=[N+]([O-])c1ccc2c(c1)S(=O)c1cc([N+](=O)[O-])cc(O)c1-2. The van der Waals surface area contributed by atoms with Crippen molar-refractivity contribution in [3.63, 3.8) is 0 Å². The Morgan fingerprint density at radius 3 is 2.19 bits per heavy atom. The van der Waals surface area contributed by atoms with E-state index in [4.69, 9.17) is 0 Å². The molecular weight excluding hydrogens is 300 g/mol. The Bertz CT molecular complexity index is 848. The summed E-state index contributed by atoms with van der Waals surface area (Å²) in [5.74, 6) is -0.375. The molecule has 21 heavy (non-hydrogen) atoms. The molecule has 1 atom stereocenters. The Morgan fingerprint density at radius 2 is 1.57 bits per heavy atom. The monoisotopic (exact) mass is 306 g/mol. The molecule has 2 aromatic rings. The minimum absolute atomic E-state index is 0.0807. The minimum atomic E-state index is -1.81. The normalized spacial score (nSPS) is 15.3. The molecular formula is C12H6N2O6S. The molecule has 1 aliphatic rings. The van der Waals surface area contributed by atoms with E-state index in [1.807, 2.05) is 0 Å². The van der Waals surface area contributed by atoms with Crippen LogP contribution in [0.25, 0.3) is 11.1 Å². The van der Waals surface area contributed by atoms with E-state index in [2.05, 4.69) is 0 Å². The number of non-ortho nitro benzene ring substituents is 2. The van der Waals surface area contributed by atoms with Crippen molar-refractivity contribution in [2.45, 2.75) is 9.79 Å². The van der Waals surface area contributed by atoms with Gasteiger partial charge in [0, 0.05) is 29.3 Å². The lowest BCUT2D eigenvalue weighted by molar-refractivity contribution is -0.385. The molecule has 1 unspecified atom stereocenters. The zero-order valence-corrected chi connectivity index (χ0v) is 11.0. The first-order chi connectivity index (χ1) is 9.90. The molecule has 0 saturated carbocycles. The van der Waals surface area contributed by atoms with Gasteiger partial charge in [-0.1, -0.05) is 0 Å².